The van der Waals surface area contributed by atoms with Crippen molar-refractivity contribution in [3.63, 3.8) is 0 Å². The topological polar surface area (TPSA) is 103 Å². The van der Waals surface area contributed by atoms with Crippen LogP contribution in [0, 0.1) is 11.3 Å². The standard InChI is InChI=1S/C23H25N3O4/c1-23(2,3)19-8-5-16(11-15(19)13-24)25-21(27)20-18-7-6-17(30-4)12-14(18)9-10-26(20)22(28)29/h5-8,11-12,20H,9-10H2,1-4H3,(H,25,27)(H,28,29)/t20-/m1/s1. The third-order valence-electron chi connectivity index (χ3n) is 5.29. The maximum atomic E-state index is 13.2. The molecule has 156 valence electrons. The molecule has 0 fully saturated rings. The number of amides is 2. The van der Waals surface area contributed by atoms with E-state index in [1.165, 1.54) is 0 Å². The van der Waals surface area contributed by atoms with Crippen LogP contribution in [0.15, 0.2) is 36.4 Å². The lowest BCUT2D eigenvalue weighted by atomic mass is 9.84. The second-order valence-electron chi connectivity index (χ2n) is 8.30. The molecule has 0 saturated heterocycles. The highest BCUT2D eigenvalue weighted by Gasteiger charge is 2.36. The average molecular weight is 407 g/mol. The van der Waals surface area contributed by atoms with Gasteiger partial charge in [-0.2, -0.15) is 5.26 Å². The van der Waals surface area contributed by atoms with Crippen LogP contribution < -0.4 is 10.1 Å². The van der Waals surface area contributed by atoms with Crippen LogP contribution in [0.1, 0.15) is 49.1 Å². The number of benzene rings is 2. The molecule has 2 aromatic rings. The number of anilines is 1. The van der Waals surface area contributed by atoms with Gasteiger partial charge >= 0.3 is 6.09 Å². The van der Waals surface area contributed by atoms with Gasteiger partial charge in [-0.25, -0.2) is 4.79 Å². The Hall–Kier alpha value is -3.53. The summed E-state index contributed by atoms with van der Waals surface area (Å²) in [6, 6.07) is 11.7. The number of carboxylic acid groups (broad SMARTS) is 1. The summed E-state index contributed by atoms with van der Waals surface area (Å²) in [5, 5.41) is 22.0. The van der Waals surface area contributed by atoms with E-state index in [0.29, 0.717) is 29.0 Å². The molecule has 0 spiro atoms. The van der Waals surface area contributed by atoms with Crippen LogP contribution in [0.3, 0.4) is 0 Å². The monoisotopic (exact) mass is 407 g/mol. The summed E-state index contributed by atoms with van der Waals surface area (Å²) in [6.45, 7) is 6.25. The van der Waals surface area contributed by atoms with E-state index in [2.05, 4.69) is 11.4 Å². The fourth-order valence-corrected chi connectivity index (χ4v) is 3.80. The maximum absolute atomic E-state index is 13.2. The fraction of sp³-hybridized carbons (Fsp3) is 0.348. The van der Waals surface area contributed by atoms with Gasteiger partial charge in [0.1, 0.15) is 11.8 Å². The van der Waals surface area contributed by atoms with E-state index in [9.17, 15) is 20.0 Å². The number of carbonyl (C=O) groups is 2. The number of rotatable bonds is 3. The molecular weight excluding hydrogens is 382 g/mol. The molecule has 7 heteroatoms. The number of nitrogens with zero attached hydrogens (tertiary/aromatic N) is 2. The van der Waals surface area contributed by atoms with Crippen molar-refractivity contribution in [2.45, 2.75) is 38.6 Å². The number of carbonyl (C=O) groups excluding carboxylic acids is 1. The minimum absolute atomic E-state index is 0.208. The van der Waals surface area contributed by atoms with Crippen molar-refractivity contribution in [1.82, 2.24) is 4.90 Å². The Morgan fingerprint density at radius 2 is 1.97 bits per heavy atom. The number of ether oxygens (including phenoxy) is 1. The first-order valence-corrected chi connectivity index (χ1v) is 9.67. The fourth-order valence-electron chi connectivity index (χ4n) is 3.80. The Kier molecular flexibility index (Phi) is 5.70. The Morgan fingerprint density at radius 1 is 1.23 bits per heavy atom. The number of nitriles is 1. The molecule has 0 unspecified atom stereocenters. The van der Waals surface area contributed by atoms with Gasteiger partial charge in [0.15, 0.2) is 0 Å². The zero-order valence-corrected chi connectivity index (χ0v) is 17.5. The lowest BCUT2D eigenvalue weighted by Crippen LogP contribution is -2.44. The Morgan fingerprint density at radius 3 is 2.57 bits per heavy atom. The van der Waals surface area contributed by atoms with Crippen molar-refractivity contribution in [3.8, 4) is 11.8 Å². The molecule has 1 aliphatic rings. The largest absolute Gasteiger partial charge is 0.497 e. The molecule has 2 aromatic carbocycles. The Bertz CT molecular complexity index is 1030. The van der Waals surface area contributed by atoms with Gasteiger partial charge in [-0.15, -0.1) is 0 Å². The van der Waals surface area contributed by atoms with E-state index in [0.717, 1.165) is 16.0 Å². The molecule has 30 heavy (non-hydrogen) atoms. The second-order valence-corrected chi connectivity index (χ2v) is 8.30. The number of hydrogen-bond donors (Lipinski definition) is 2. The molecule has 0 aromatic heterocycles. The molecule has 0 bridgehead atoms. The van der Waals surface area contributed by atoms with E-state index < -0.39 is 18.0 Å². The average Bonchev–Trinajstić information content (AvgIpc) is 2.71. The molecule has 0 saturated carbocycles. The zero-order valence-electron chi connectivity index (χ0n) is 17.5. The molecule has 3 rings (SSSR count). The maximum Gasteiger partial charge on any atom is 0.408 e. The van der Waals surface area contributed by atoms with Gasteiger partial charge in [0.2, 0.25) is 0 Å². The Balaban J connectivity index is 1.95. The number of fused-ring (bicyclic) bond motifs is 1. The van der Waals surface area contributed by atoms with Gasteiger partial charge in [0, 0.05) is 12.2 Å². The van der Waals surface area contributed by atoms with Crippen molar-refractivity contribution in [2.24, 2.45) is 0 Å². The van der Waals surface area contributed by atoms with Gasteiger partial charge < -0.3 is 15.2 Å². The SMILES string of the molecule is COc1ccc2c(c1)CCN(C(=O)O)[C@H]2C(=O)Nc1ccc(C(C)(C)C)c(C#N)c1. The highest BCUT2D eigenvalue weighted by molar-refractivity contribution is 5.97. The minimum Gasteiger partial charge on any atom is -0.497 e. The number of hydrogen-bond acceptors (Lipinski definition) is 4. The third kappa shape index (κ3) is 4.08. The lowest BCUT2D eigenvalue weighted by Gasteiger charge is -2.34. The van der Waals surface area contributed by atoms with Crippen LogP contribution in [0.2, 0.25) is 0 Å². The van der Waals surface area contributed by atoms with E-state index in [-0.39, 0.29) is 12.0 Å². The first-order valence-electron chi connectivity index (χ1n) is 9.67. The molecule has 2 N–H and O–H groups in total. The summed E-state index contributed by atoms with van der Waals surface area (Å²) in [7, 11) is 1.56. The van der Waals surface area contributed by atoms with Crippen LogP contribution in [0.4, 0.5) is 10.5 Å². The summed E-state index contributed by atoms with van der Waals surface area (Å²) in [5.41, 5.74) is 3.11. The van der Waals surface area contributed by atoms with Crippen molar-refractivity contribution in [3.05, 3.63) is 58.7 Å². The van der Waals surface area contributed by atoms with Gasteiger partial charge in [0.25, 0.3) is 5.91 Å². The zero-order chi connectivity index (χ0) is 22.1. The summed E-state index contributed by atoms with van der Waals surface area (Å²) < 4.78 is 5.25. The molecule has 1 heterocycles. The summed E-state index contributed by atoms with van der Waals surface area (Å²) in [4.78, 5) is 26.1. The predicted octanol–water partition coefficient (Wildman–Crippen LogP) is 4.08. The summed E-state index contributed by atoms with van der Waals surface area (Å²) in [6.07, 6.45) is -0.654. The second kappa shape index (κ2) is 8.07. The first-order chi connectivity index (χ1) is 14.2. The molecular formula is C23H25N3O4. The van der Waals surface area contributed by atoms with Crippen LogP contribution in [0.25, 0.3) is 0 Å². The minimum atomic E-state index is -1.16. The Labute approximate surface area is 175 Å². The molecule has 0 radical (unpaired) electrons. The molecule has 2 amide bonds. The van der Waals surface area contributed by atoms with Gasteiger partial charge in [-0.1, -0.05) is 32.9 Å². The highest BCUT2D eigenvalue weighted by Crippen LogP contribution is 2.34. The lowest BCUT2D eigenvalue weighted by molar-refractivity contribution is -0.121. The summed E-state index contributed by atoms with van der Waals surface area (Å²) in [5.74, 6) is 0.198. The first kappa shape index (κ1) is 21.2. The summed E-state index contributed by atoms with van der Waals surface area (Å²) >= 11 is 0. The quantitative estimate of drug-likeness (QED) is 0.798. The van der Waals surface area contributed by atoms with E-state index in [1.54, 1.807) is 31.4 Å². The number of methoxy groups -OCH3 is 1. The molecule has 7 nitrogen and oxygen atoms in total. The number of nitrogens with one attached hydrogen (secondary N) is 1. The third-order valence-corrected chi connectivity index (χ3v) is 5.29. The van der Waals surface area contributed by atoms with Gasteiger partial charge in [0.05, 0.1) is 18.7 Å². The van der Waals surface area contributed by atoms with E-state index in [4.69, 9.17) is 4.74 Å². The normalized spacial score (nSPS) is 15.7. The van der Waals surface area contributed by atoms with Crippen LogP contribution in [-0.4, -0.2) is 35.7 Å². The van der Waals surface area contributed by atoms with Crippen molar-refractivity contribution in [1.29, 1.82) is 5.26 Å². The van der Waals surface area contributed by atoms with Crippen LogP contribution in [0.5, 0.6) is 5.75 Å². The predicted molar refractivity (Wildman–Crippen MR) is 113 cm³/mol. The molecule has 1 atom stereocenters. The molecule has 0 aliphatic carbocycles. The van der Waals surface area contributed by atoms with Crippen LogP contribution in [-0.2, 0) is 16.6 Å². The van der Waals surface area contributed by atoms with E-state index in [1.807, 2.05) is 32.9 Å². The smallest absolute Gasteiger partial charge is 0.408 e. The van der Waals surface area contributed by atoms with Crippen LogP contribution >= 0.6 is 0 Å². The molecule has 1 aliphatic heterocycles. The highest BCUT2D eigenvalue weighted by atomic mass is 16.5. The van der Waals surface area contributed by atoms with E-state index >= 15 is 0 Å². The van der Waals surface area contributed by atoms with Gasteiger partial charge in [-0.05, 0) is 52.8 Å². The van der Waals surface area contributed by atoms with Crippen molar-refractivity contribution < 1.29 is 19.4 Å². The van der Waals surface area contributed by atoms with Crippen molar-refractivity contribution in [2.75, 3.05) is 19.0 Å². The van der Waals surface area contributed by atoms with Gasteiger partial charge in [-0.3, -0.25) is 9.69 Å². The van der Waals surface area contributed by atoms with Crippen molar-refractivity contribution >= 4 is 17.7 Å².